The van der Waals surface area contributed by atoms with Crippen molar-refractivity contribution in [2.24, 2.45) is 0 Å². The van der Waals surface area contributed by atoms with Crippen molar-refractivity contribution in [1.82, 2.24) is 0 Å². The van der Waals surface area contributed by atoms with Gasteiger partial charge in [-0.15, -0.1) is 12.6 Å². The van der Waals surface area contributed by atoms with E-state index in [1.807, 2.05) is 0 Å². The number of carboxylic acid groups (broad SMARTS) is 1. The molecule has 0 aliphatic heterocycles. The van der Waals surface area contributed by atoms with Gasteiger partial charge in [0.1, 0.15) is 0 Å². The van der Waals surface area contributed by atoms with E-state index in [0.29, 0.717) is 0 Å². The molecule has 0 heterocycles. The van der Waals surface area contributed by atoms with Crippen LogP contribution in [-0.2, 0) is 4.57 Å². The number of thiol groups is 1. The van der Waals surface area contributed by atoms with E-state index in [9.17, 15) is 9.36 Å². The third-order valence-corrected chi connectivity index (χ3v) is 3.12. The van der Waals surface area contributed by atoms with Crippen LogP contribution in [-0.4, -0.2) is 20.9 Å². The Morgan fingerprint density at radius 1 is 1.40 bits per heavy atom. The smallest absolute Gasteiger partial charge is 0.357 e. The summed E-state index contributed by atoms with van der Waals surface area (Å²) in [6.07, 6.45) is 0. The molecule has 0 saturated heterocycles. The molecule has 1 rings (SSSR count). The summed E-state index contributed by atoms with van der Waals surface area (Å²) in [6, 6.07) is 2.24. The number of hydrogen-bond donors (Lipinski definition) is 5. The number of rotatable bonds is 2. The standard InChI is InChI=1S/C7H8NO5PS/c8-6-4(15)2-1-3(14(11,12)13)5(6)7(9)10/h1-2,15H,8H2,(H,9,10)(H2,11,12,13). The van der Waals surface area contributed by atoms with Crippen LogP contribution in [0.2, 0.25) is 0 Å². The second-order valence-electron chi connectivity index (χ2n) is 2.74. The van der Waals surface area contributed by atoms with E-state index in [1.165, 1.54) is 6.07 Å². The minimum atomic E-state index is -4.65. The predicted octanol–water partition coefficient (Wildman–Crippen LogP) is 0.0587. The second-order valence-corrected chi connectivity index (χ2v) is 4.79. The van der Waals surface area contributed by atoms with Crippen LogP contribution in [0.15, 0.2) is 17.0 Å². The summed E-state index contributed by atoms with van der Waals surface area (Å²) in [5.41, 5.74) is 4.52. The maximum atomic E-state index is 11.0. The maximum absolute atomic E-state index is 11.0. The van der Waals surface area contributed by atoms with Crippen molar-refractivity contribution in [3.63, 3.8) is 0 Å². The number of aromatic carboxylic acids is 1. The van der Waals surface area contributed by atoms with Gasteiger partial charge in [0, 0.05) is 4.90 Å². The molecule has 0 aliphatic rings. The number of carboxylic acids is 1. The summed E-state index contributed by atoms with van der Waals surface area (Å²) in [7, 11) is -4.65. The van der Waals surface area contributed by atoms with Crippen molar-refractivity contribution in [2.45, 2.75) is 4.90 Å². The minimum absolute atomic E-state index is 0.157. The quantitative estimate of drug-likeness (QED) is 0.287. The minimum Gasteiger partial charge on any atom is -0.478 e. The summed E-state index contributed by atoms with van der Waals surface area (Å²) in [4.78, 5) is 28.7. The average molecular weight is 249 g/mol. The SMILES string of the molecule is Nc1c(S)ccc(P(=O)(O)O)c1C(=O)O. The lowest BCUT2D eigenvalue weighted by atomic mass is 10.2. The molecule has 1 aromatic carbocycles. The first-order valence-electron chi connectivity index (χ1n) is 3.66. The van der Waals surface area contributed by atoms with Crippen molar-refractivity contribution in [2.75, 3.05) is 5.73 Å². The Morgan fingerprint density at radius 2 is 1.93 bits per heavy atom. The molecular weight excluding hydrogens is 241 g/mol. The van der Waals surface area contributed by atoms with Gasteiger partial charge in [0.15, 0.2) is 0 Å². The molecule has 8 heteroatoms. The fraction of sp³-hybridized carbons (Fsp3) is 0. The summed E-state index contributed by atoms with van der Waals surface area (Å²) in [5, 5.41) is 8.17. The fourth-order valence-corrected chi connectivity index (χ4v) is 2.03. The lowest BCUT2D eigenvalue weighted by Gasteiger charge is -2.11. The van der Waals surface area contributed by atoms with Crippen LogP contribution in [0.5, 0.6) is 0 Å². The van der Waals surface area contributed by atoms with E-state index in [4.69, 9.17) is 20.6 Å². The van der Waals surface area contributed by atoms with Gasteiger partial charge in [-0.1, -0.05) is 0 Å². The van der Waals surface area contributed by atoms with Crippen molar-refractivity contribution >= 4 is 37.2 Å². The topological polar surface area (TPSA) is 121 Å². The molecule has 0 aromatic heterocycles. The molecule has 6 nitrogen and oxygen atoms in total. The van der Waals surface area contributed by atoms with E-state index < -0.39 is 24.4 Å². The Bertz CT molecular complexity index is 469. The largest absolute Gasteiger partial charge is 0.478 e. The lowest BCUT2D eigenvalue weighted by molar-refractivity contribution is 0.0698. The van der Waals surface area contributed by atoms with Crippen LogP contribution in [0.3, 0.4) is 0 Å². The summed E-state index contributed by atoms with van der Waals surface area (Å²) >= 11 is 3.86. The van der Waals surface area contributed by atoms with Gasteiger partial charge in [0.25, 0.3) is 0 Å². The van der Waals surface area contributed by atoms with E-state index in [-0.39, 0.29) is 10.6 Å². The number of hydrogen-bond acceptors (Lipinski definition) is 4. The Balaban J connectivity index is 3.62. The van der Waals surface area contributed by atoms with Crippen LogP contribution in [0.25, 0.3) is 0 Å². The average Bonchev–Trinajstić information content (AvgIpc) is 2.06. The molecule has 0 bridgehead atoms. The molecule has 82 valence electrons. The molecule has 0 unspecified atom stereocenters. The van der Waals surface area contributed by atoms with E-state index in [2.05, 4.69) is 12.6 Å². The molecule has 1 aromatic rings. The fourth-order valence-electron chi connectivity index (χ4n) is 1.06. The van der Waals surface area contributed by atoms with Gasteiger partial charge in [-0.2, -0.15) is 0 Å². The van der Waals surface area contributed by atoms with Gasteiger partial charge in [-0.25, -0.2) is 4.79 Å². The normalized spacial score (nSPS) is 11.4. The molecule has 5 N–H and O–H groups in total. The van der Waals surface area contributed by atoms with Crippen LogP contribution >= 0.6 is 20.2 Å². The molecule has 0 atom stereocenters. The highest BCUT2D eigenvalue weighted by atomic mass is 32.1. The van der Waals surface area contributed by atoms with Crippen LogP contribution in [0.4, 0.5) is 5.69 Å². The Labute approximate surface area is 90.3 Å². The van der Waals surface area contributed by atoms with Gasteiger partial charge in [0.05, 0.1) is 16.6 Å². The number of benzene rings is 1. The number of anilines is 1. The predicted molar refractivity (Wildman–Crippen MR) is 56.7 cm³/mol. The monoisotopic (exact) mass is 249 g/mol. The molecule has 0 spiro atoms. The van der Waals surface area contributed by atoms with Gasteiger partial charge in [0.2, 0.25) is 0 Å². The maximum Gasteiger partial charge on any atom is 0.357 e. The van der Waals surface area contributed by atoms with Gasteiger partial charge < -0.3 is 20.6 Å². The molecule has 0 saturated carbocycles. The van der Waals surface area contributed by atoms with Crippen LogP contribution in [0, 0.1) is 0 Å². The second kappa shape index (κ2) is 3.86. The first kappa shape index (κ1) is 12.1. The van der Waals surface area contributed by atoms with E-state index >= 15 is 0 Å². The third-order valence-electron chi connectivity index (χ3n) is 1.73. The number of nitrogen functional groups attached to an aromatic ring is 1. The van der Waals surface area contributed by atoms with Crippen LogP contribution < -0.4 is 11.0 Å². The zero-order valence-electron chi connectivity index (χ0n) is 7.28. The molecule has 0 fully saturated rings. The number of nitrogens with two attached hydrogens (primary N) is 1. The van der Waals surface area contributed by atoms with Crippen molar-refractivity contribution in [3.8, 4) is 0 Å². The first-order chi connectivity index (χ1) is 6.75. The highest BCUT2D eigenvalue weighted by Crippen LogP contribution is 2.37. The molecule has 15 heavy (non-hydrogen) atoms. The zero-order chi connectivity index (χ0) is 11.8. The third kappa shape index (κ3) is 2.32. The van der Waals surface area contributed by atoms with E-state index in [1.54, 1.807) is 0 Å². The Morgan fingerprint density at radius 3 is 2.33 bits per heavy atom. The molecule has 0 radical (unpaired) electrons. The summed E-state index contributed by atoms with van der Waals surface area (Å²) < 4.78 is 11.0. The van der Waals surface area contributed by atoms with Gasteiger partial charge in [-0.05, 0) is 12.1 Å². The highest BCUT2D eigenvalue weighted by molar-refractivity contribution is 7.80. The highest BCUT2D eigenvalue weighted by Gasteiger charge is 2.27. The molecule has 0 amide bonds. The molecular formula is C7H8NO5PS. The molecule has 0 aliphatic carbocycles. The number of carbonyl (C=O) groups is 1. The van der Waals surface area contributed by atoms with Crippen molar-refractivity contribution < 1.29 is 24.3 Å². The summed E-state index contributed by atoms with van der Waals surface area (Å²) in [5.74, 6) is -1.50. The van der Waals surface area contributed by atoms with Crippen LogP contribution in [0.1, 0.15) is 10.4 Å². The zero-order valence-corrected chi connectivity index (χ0v) is 9.07. The van der Waals surface area contributed by atoms with Gasteiger partial charge >= 0.3 is 13.6 Å². The Kier molecular flexibility index (Phi) is 3.11. The lowest BCUT2D eigenvalue weighted by Crippen LogP contribution is -2.18. The van der Waals surface area contributed by atoms with E-state index in [0.717, 1.165) is 6.07 Å². The van der Waals surface area contributed by atoms with Crippen molar-refractivity contribution in [3.05, 3.63) is 17.7 Å². The first-order valence-corrected chi connectivity index (χ1v) is 5.72. The van der Waals surface area contributed by atoms with Gasteiger partial charge in [-0.3, -0.25) is 4.57 Å². The summed E-state index contributed by atoms with van der Waals surface area (Å²) in [6.45, 7) is 0. The Hall–Kier alpha value is -1.01. The van der Waals surface area contributed by atoms with Crippen molar-refractivity contribution in [1.29, 1.82) is 0 Å².